The molecule has 0 bridgehead atoms. The molecule has 1 aromatic carbocycles. The van der Waals surface area contributed by atoms with Crippen molar-refractivity contribution in [2.45, 2.75) is 37.9 Å². The van der Waals surface area contributed by atoms with Crippen LogP contribution in [0.3, 0.4) is 0 Å². The predicted octanol–water partition coefficient (Wildman–Crippen LogP) is 4.82. The molecule has 0 aliphatic heterocycles. The van der Waals surface area contributed by atoms with Crippen LogP contribution in [0, 0.1) is 6.92 Å². The smallest absolute Gasteiger partial charge is 0.0708 e. The molecule has 2 aromatic rings. The zero-order valence-corrected chi connectivity index (χ0v) is 12.2. The summed E-state index contributed by atoms with van der Waals surface area (Å²) in [5.74, 6) is 0.543. The van der Waals surface area contributed by atoms with Crippen molar-refractivity contribution in [2.75, 3.05) is 0 Å². The molecule has 0 fully saturated rings. The fraction of sp³-hybridized carbons (Fsp3) is 0.400. The van der Waals surface area contributed by atoms with Gasteiger partial charge in [-0.2, -0.15) is 0 Å². The van der Waals surface area contributed by atoms with Crippen LogP contribution in [0.25, 0.3) is 10.9 Å². The number of pyridine rings is 1. The van der Waals surface area contributed by atoms with Gasteiger partial charge in [0, 0.05) is 15.9 Å². The minimum absolute atomic E-state index is 0.484. The first-order valence-electron chi connectivity index (χ1n) is 6.13. The largest absolute Gasteiger partial charge is 0.253 e. The fourth-order valence-electron chi connectivity index (χ4n) is 2.44. The normalized spacial score (nSPS) is 14.8. The zero-order chi connectivity index (χ0) is 12.4. The van der Waals surface area contributed by atoms with E-state index in [0.29, 0.717) is 10.7 Å². The summed E-state index contributed by atoms with van der Waals surface area (Å²) in [5.41, 5.74) is 3.62. The monoisotopic (exact) mass is 291 g/mol. The number of benzene rings is 1. The van der Waals surface area contributed by atoms with Gasteiger partial charge in [0.05, 0.1) is 5.52 Å². The zero-order valence-electron chi connectivity index (χ0n) is 10.6. The van der Waals surface area contributed by atoms with Crippen molar-refractivity contribution in [1.29, 1.82) is 0 Å². The molecule has 0 aliphatic rings. The highest BCUT2D eigenvalue weighted by Crippen LogP contribution is 2.33. The van der Waals surface area contributed by atoms with E-state index in [1.54, 1.807) is 0 Å². The number of para-hydroxylation sites is 1. The maximum absolute atomic E-state index is 4.60. The summed E-state index contributed by atoms with van der Waals surface area (Å²) in [6.07, 6.45) is 1.14. The molecule has 2 unspecified atom stereocenters. The van der Waals surface area contributed by atoms with Crippen molar-refractivity contribution in [2.24, 2.45) is 0 Å². The molecule has 0 spiro atoms. The molecule has 2 heteroatoms. The van der Waals surface area contributed by atoms with Crippen molar-refractivity contribution in [3.8, 4) is 0 Å². The molecule has 0 amide bonds. The van der Waals surface area contributed by atoms with Crippen molar-refractivity contribution < 1.29 is 0 Å². The molecule has 0 radical (unpaired) electrons. The molecule has 0 aliphatic carbocycles. The van der Waals surface area contributed by atoms with Crippen molar-refractivity contribution in [3.05, 3.63) is 41.6 Å². The van der Waals surface area contributed by atoms with Gasteiger partial charge in [-0.1, -0.05) is 48.0 Å². The maximum Gasteiger partial charge on any atom is 0.0708 e. The van der Waals surface area contributed by atoms with Gasteiger partial charge in [-0.3, -0.25) is 4.98 Å². The average molecular weight is 292 g/mol. The van der Waals surface area contributed by atoms with Gasteiger partial charge in [0.1, 0.15) is 0 Å². The molecule has 1 heterocycles. The lowest BCUT2D eigenvalue weighted by Crippen LogP contribution is -2.09. The first kappa shape index (κ1) is 12.6. The standard InChI is InChI=1S/C15H18BrN/c1-4-12(11(3)16)14-9-10(2)17-15-8-6-5-7-13(14)15/h5-9,11-12H,4H2,1-3H3. The van der Waals surface area contributed by atoms with E-state index in [0.717, 1.165) is 17.6 Å². The van der Waals surface area contributed by atoms with Gasteiger partial charge in [0.2, 0.25) is 0 Å². The Hall–Kier alpha value is -0.890. The quantitative estimate of drug-likeness (QED) is 0.739. The average Bonchev–Trinajstić information content (AvgIpc) is 2.29. The van der Waals surface area contributed by atoms with Crippen LogP contribution in [0.15, 0.2) is 30.3 Å². The van der Waals surface area contributed by atoms with Gasteiger partial charge in [0.15, 0.2) is 0 Å². The Morgan fingerprint density at radius 3 is 2.65 bits per heavy atom. The number of hydrogen-bond donors (Lipinski definition) is 0. The topological polar surface area (TPSA) is 12.9 Å². The van der Waals surface area contributed by atoms with E-state index in [9.17, 15) is 0 Å². The van der Waals surface area contributed by atoms with Gasteiger partial charge in [-0.15, -0.1) is 0 Å². The van der Waals surface area contributed by atoms with Crippen molar-refractivity contribution >= 4 is 26.8 Å². The lowest BCUT2D eigenvalue weighted by Gasteiger charge is -2.20. The number of halogens is 1. The third kappa shape index (κ3) is 2.52. The molecular formula is C15H18BrN. The molecule has 2 rings (SSSR count). The van der Waals surface area contributed by atoms with Gasteiger partial charge in [0.25, 0.3) is 0 Å². The van der Waals surface area contributed by atoms with Gasteiger partial charge in [-0.05, 0) is 37.0 Å². The number of nitrogens with zero attached hydrogens (tertiary/aromatic N) is 1. The SMILES string of the molecule is CCC(c1cc(C)nc2ccccc12)C(C)Br. The summed E-state index contributed by atoms with van der Waals surface area (Å²) >= 11 is 3.73. The Bertz CT molecular complexity index is 519. The number of hydrogen-bond acceptors (Lipinski definition) is 1. The Morgan fingerprint density at radius 1 is 1.29 bits per heavy atom. The molecule has 1 aromatic heterocycles. The Labute approximate surface area is 111 Å². The van der Waals surface area contributed by atoms with Crippen molar-refractivity contribution in [3.63, 3.8) is 0 Å². The number of fused-ring (bicyclic) bond motifs is 1. The third-order valence-electron chi connectivity index (χ3n) is 3.27. The Kier molecular flexibility index (Phi) is 3.82. The molecule has 1 nitrogen and oxygen atoms in total. The Morgan fingerprint density at radius 2 is 2.00 bits per heavy atom. The van der Waals surface area contributed by atoms with Crippen LogP contribution >= 0.6 is 15.9 Å². The summed E-state index contributed by atoms with van der Waals surface area (Å²) in [4.78, 5) is 5.08. The van der Waals surface area contributed by atoms with E-state index in [-0.39, 0.29) is 0 Å². The fourth-order valence-corrected chi connectivity index (χ4v) is 3.10. The van der Waals surface area contributed by atoms with Gasteiger partial charge in [-0.25, -0.2) is 0 Å². The van der Waals surface area contributed by atoms with Crippen LogP contribution in [0.1, 0.15) is 37.4 Å². The lowest BCUT2D eigenvalue weighted by molar-refractivity contribution is 0.667. The van der Waals surface area contributed by atoms with E-state index >= 15 is 0 Å². The summed E-state index contributed by atoms with van der Waals surface area (Å²) in [5, 5.41) is 1.29. The minimum Gasteiger partial charge on any atom is -0.253 e. The van der Waals surface area contributed by atoms with Crippen LogP contribution < -0.4 is 0 Å². The highest BCUT2D eigenvalue weighted by molar-refractivity contribution is 9.09. The van der Waals surface area contributed by atoms with Gasteiger partial charge >= 0.3 is 0 Å². The number of alkyl halides is 1. The second kappa shape index (κ2) is 5.18. The third-order valence-corrected chi connectivity index (χ3v) is 3.91. The Balaban J connectivity index is 2.66. The highest BCUT2D eigenvalue weighted by atomic mass is 79.9. The van der Waals surface area contributed by atoms with E-state index in [1.807, 2.05) is 0 Å². The van der Waals surface area contributed by atoms with Gasteiger partial charge < -0.3 is 0 Å². The van der Waals surface area contributed by atoms with E-state index < -0.39 is 0 Å². The number of aromatic nitrogens is 1. The molecule has 17 heavy (non-hydrogen) atoms. The first-order chi connectivity index (χ1) is 8.13. The lowest BCUT2D eigenvalue weighted by atomic mass is 9.90. The van der Waals surface area contributed by atoms with Crippen LogP contribution in [-0.2, 0) is 0 Å². The van der Waals surface area contributed by atoms with Crippen molar-refractivity contribution in [1.82, 2.24) is 4.98 Å². The minimum atomic E-state index is 0.484. The van der Waals surface area contributed by atoms with E-state index in [1.165, 1.54) is 10.9 Å². The molecule has 2 atom stereocenters. The maximum atomic E-state index is 4.60. The number of rotatable bonds is 3. The summed E-state index contributed by atoms with van der Waals surface area (Å²) in [6, 6.07) is 10.6. The molecule has 0 N–H and O–H groups in total. The second-order valence-electron chi connectivity index (χ2n) is 4.56. The van der Waals surface area contributed by atoms with Crippen LogP contribution in [-0.4, -0.2) is 9.81 Å². The molecule has 0 saturated carbocycles. The van der Waals surface area contributed by atoms with Crippen LogP contribution in [0.2, 0.25) is 0 Å². The van der Waals surface area contributed by atoms with E-state index in [4.69, 9.17) is 0 Å². The van der Waals surface area contributed by atoms with E-state index in [2.05, 4.69) is 72.0 Å². The summed E-state index contributed by atoms with van der Waals surface area (Å²) in [7, 11) is 0. The molecular weight excluding hydrogens is 274 g/mol. The van der Waals surface area contributed by atoms with Crippen LogP contribution in [0.4, 0.5) is 0 Å². The predicted molar refractivity (Wildman–Crippen MR) is 77.9 cm³/mol. The van der Waals surface area contributed by atoms with Crippen LogP contribution in [0.5, 0.6) is 0 Å². The summed E-state index contributed by atoms with van der Waals surface area (Å²) in [6.45, 7) is 6.53. The molecule has 0 saturated heterocycles. The second-order valence-corrected chi connectivity index (χ2v) is 6.01. The number of aryl methyl sites for hydroxylation is 1. The highest BCUT2D eigenvalue weighted by Gasteiger charge is 2.18. The first-order valence-corrected chi connectivity index (χ1v) is 7.05. The molecule has 90 valence electrons. The summed E-state index contributed by atoms with van der Waals surface area (Å²) < 4.78 is 0.